The quantitative estimate of drug-likeness (QED) is 0.339. The van der Waals surface area contributed by atoms with Crippen molar-refractivity contribution in [2.45, 2.75) is 16.3 Å². The molecule has 0 saturated carbocycles. The number of fused-ring (bicyclic) bond motifs is 1. The van der Waals surface area contributed by atoms with Gasteiger partial charge in [0.15, 0.2) is 0 Å². The van der Waals surface area contributed by atoms with Crippen LogP contribution in [0, 0.1) is 11.6 Å². The maximum Gasteiger partial charge on any atom is 0.339 e. The van der Waals surface area contributed by atoms with Crippen LogP contribution in [0.4, 0.5) is 25.0 Å². The topological polar surface area (TPSA) is 32.8 Å². The van der Waals surface area contributed by atoms with Crippen molar-refractivity contribution in [1.29, 1.82) is 0 Å². The number of carbonyl (C=O) groups excluding carboxylic acids is 1. The van der Waals surface area contributed by atoms with E-state index in [1.807, 2.05) is 42.7 Å². The van der Waals surface area contributed by atoms with Gasteiger partial charge in [-0.3, -0.25) is 4.90 Å². The van der Waals surface area contributed by atoms with Crippen molar-refractivity contribution in [3.63, 3.8) is 0 Å². The summed E-state index contributed by atoms with van der Waals surface area (Å²) in [6.07, 6.45) is 1.96. The van der Waals surface area contributed by atoms with E-state index < -0.39 is 11.6 Å². The Morgan fingerprint density at radius 1 is 1.03 bits per heavy atom. The number of benzene rings is 3. The van der Waals surface area contributed by atoms with Crippen molar-refractivity contribution in [3.8, 4) is 5.75 Å². The van der Waals surface area contributed by atoms with Gasteiger partial charge in [-0.05, 0) is 48.5 Å². The second-order valence-electron chi connectivity index (χ2n) is 6.49. The summed E-state index contributed by atoms with van der Waals surface area (Å²) in [5, 5.41) is 0. The molecule has 0 saturated heterocycles. The van der Waals surface area contributed by atoms with Gasteiger partial charge < -0.3 is 4.74 Å². The fourth-order valence-electron chi connectivity index (χ4n) is 3.17. The molecule has 4 rings (SSSR count). The number of ether oxygens (including phenoxy) is 1. The Morgan fingerprint density at radius 3 is 2.47 bits per heavy atom. The van der Waals surface area contributed by atoms with Crippen LogP contribution in [0.25, 0.3) is 0 Å². The highest BCUT2D eigenvalue weighted by Crippen LogP contribution is 2.42. The number of thioether (sulfide) groups is 1. The van der Waals surface area contributed by atoms with Crippen molar-refractivity contribution < 1.29 is 18.3 Å². The largest absolute Gasteiger partial charge is 0.497 e. The van der Waals surface area contributed by atoms with Gasteiger partial charge in [0.25, 0.3) is 0 Å². The molecule has 3 aromatic carbocycles. The number of anilines is 2. The molecular formula is C22H18F2N2O2S2. The van der Waals surface area contributed by atoms with Crippen LogP contribution < -0.4 is 13.9 Å². The third kappa shape index (κ3) is 3.85. The van der Waals surface area contributed by atoms with Crippen molar-refractivity contribution >= 4 is 41.1 Å². The monoisotopic (exact) mass is 444 g/mol. The predicted molar refractivity (Wildman–Crippen MR) is 117 cm³/mol. The van der Waals surface area contributed by atoms with Crippen LogP contribution in [-0.2, 0) is 6.54 Å². The molecule has 0 radical (unpaired) electrons. The van der Waals surface area contributed by atoms with Gasteiger partial charge in [-0.1, -0.05) is 18.2 Å². The lowest BCUT2D eigenvalue weighted by molar-refractivity contribution is 0.254. The number of hydrogen-bond donors (Lipinski definition) is 0. The molecule has 0 aliphatic carbocycles. The Labute approximate surface area is 182 Å². The van der Waals surface area contributed by atoms with E-state index in [4.69, 9.17) is 4.74 Å². The normalized spacial score (nSPS) is 13.4. The van der Waals surface area contributed by atoms with Crippen LogP contribution in [-0.4, -0.2) is 19.4 Å². The predicted octanol–water partition coefficient (Wildman–Crippen LogP) is 6.35. The minimum Gasteiger partial charge on any atom is -0.497 e. The number of nitrogens with zero attached hydrogens (tertiary/aromatic N) is 2. The van der Waals surface area contributed by atoms with Gasteiger partial charge in [0, 0.05) is 22.6 Å². The number of amides is 2. The van der Waals surface area contributed by atoms with E-state index in [0.29, 0.717) is 11.4 Å². The molecule has 0 N–H and O–H groups in total. The first-order valence-corrected chi connectivity index (χ1v) is 11.1. The summed E-state index contributed by atoms with van der Waals surface area (Å²) in [4.78, 5) is 16.6. The van der Waals surface area contributed by atoms with Gasteiger partial charge in [-0.15, -0.1) is 11.8 Å². The van der Waals surface area contributed by atoms with Crippen LogP contribution in [0.5, 0.6) is 5.75 Å². The summed E-state index contributed by atoms with van der Waals surface area (Å²) in [6.45, 7) is -0.239. The van der Waals surface area contributed by atoms with E-state index in [2.05, 4.69) is 0 Å². The SMILES string of the molecule is COc1cc(F)c(CN2C(=O)N(c3cccc(SC)c3)Sc3ccccc32)c(F)c1. The minimum absolute atomic E-state index is 0.0881. The third-order valence-electron chi connectivity index (χ3n) is 4.70. The maximum absolute atomic E-state index is 14.6. The maximum atomic E-state index is 14.6. The van der Waals surface area contributed by atoms with Crippen molar-refractivity contribution in [1.82, 2.24) is 0 Å². The number of urea groups is 1. The number of rotatable bonds is 5. The Kier molecular flexibility index (Phi) is 5.87. The second kappa shape index (κ2) is 8.57. The molecule has 3 aromatic rings. The Balaban J connectivity index is 1.76. The molecule has 0 bridgehead atoms. The molecule has 8 heteroatoms. The molecule has 4 nitrogen and oxygen atoms in total. The van der Waals surface area contributed by atoms with Crippen molar-refractivity contribution in [3.05, 3.63) is 77.9 Å². The molecule has 1 heterocycles. The molecule has 1 aliphatic rings. The van der Waals surface area contributed by atoms with E-state index in [1.54, 1.807) is 28.2 Å². The second-order valence-corrected chi connectivity index (χ2v) is 8.36. The molecule has 1 aliphatic heterocycles. The Bertz CT molecular complexity index is 1090. The number of carbonyl (C=O) groups is 1. The Hall–Kier alpha value is -2.71. The van der Waals surface area contributed by atoms with E-state index in [-0.39, 0.29) is 23.9 Å². The summed E-state index contributed by atoms with van der Waals surface area (Å²) in [5.74, 6) is -1.43. The minimum atomic E-state index is -0.758. The van der Waals surface area contributed by atoms with Crippen LogP contribution in [0.3, 0.4) is 0 Å². The molecule has 0 unspecified atom stereocenters. The zero-order valence-electron chi connectivity index (χ0n) is 16.3. The lowest BCUT2D eigenvalue weighted by Crippen LogP contribution is -2.43. The first-order chi connectivity index (χ1) is 14.5. The van der Waals surface area contributed by atoms with Gasteiger partial charge >= 0.3 is 6.03 Å². The highest BCUT2D eigenvalue weighted by molar-refractivity contribution is 8.01. The number of methoxy groups -OCH3 is 1. The van der Waals surface area contributed by atoms with Crippen LogP contribution in [0.2, 0.25) is 0 Å². The fraction of sp³-hybridized carbons (Fsp3) is 0.136. The molecule has 30 heavy (non-hydrogen) atoms. The molecule has 154 valence electrons. The molecule has 0 spiro atoms. The van der Waals surface area contributed by atoms with Gasteiger partial charge in [0.05, 0.1) is 29.9 Å². The van der Waals surface area contributed by atoms with Crippen LogP contribution in [0.1, 0.15) is 5.56 Å². The summed E-state index contributed by atoms with van der Waals surface area (Å²) < 4.78 is 35.7. The lowest BCUT2D eigenvalue weighted by atomic mass is 10.1. The average Bonchev–Trinajstić information content (AvgIpc) is 2.77. The van der Waals surface area contributed by atoms with Crippen LogP contribution >= 0.6 is 23.7 Å². The third-order valence-corrected chi connectivity index (χ3v) is 6.52. The molecule has 0 fully saturated rings. The number of halogens is 2. The van der Waals surface area contributed by atoms with E-state index >= 15 is 0 Å². The summed E-state index contributed by atoms with van der Waals surface area (Å²) >= 11 is 2.86. The molecule has 2 amide bonds. The highest BCUT2D eigenvalue weighted by atomic mass is 32.2. The molecule has 0 aromatic heterocycles. The fourth-order valence-corrected chi connectivity index (χ4v) is 4.62. The van der Waals surface area contributed by atoms with E-state index in [1.165, 1.54) is 24.0 Å². The van der Waals surface area contributed by atoms with Gasteiger partial charge in [0.1, 0.15) is 17.4 Å². The number of hydrogen-bond acceptors (Lipinski definition) is 4. The van der Waals surface area contributed by atoms with E-state index in [9.17, 15) is 13.6 Å². The summed E-state index contributed by atoms with van der Waals surface area (Å²) in [5.41, 5.74) is 1.12. The van der Waals surface area contributed by atoms with E-state index in [0.717, 1.165) is 21.9 Å². The Morgan fingerprint density at radius 2 is 1.77 bits per heavy atom. The number of para-hydroxylation sites is 1. The highest BCUT2D eigenvalue weighted by Gasteiger charge is 2.33. The summed E-state index contributed by atoms with van der Waals surface area (Å²) in [7, 11) is 1.34. The zero-order chi connectivity index (χ0) is 21.3. The molecular weight excluding hydrogens is 426 g/mol. The summed E-state index contributed by atoms with van der Waals surface area (Å²) in [6, 6.07) is 16.8. The standard InChI is InChI=1S/C22H18F2N2O2S2/c1-28-15-11-18(23)17(19(24)12-15)13-25-20-8-3-4-9-21(20)30-26(22(25)27)14-6-5-7-16(10-14)29-2/h3-12H,13H2,1-2H3. The van der Waals surface area contributed by atoms with Gasteiger partial charge in [-0.2, -0.15) is 0 Å². The van der Waals surface area contributed by atoms with Gasteiger partial charge in [-0.25, -0.2) is 17.9 Å². The van der Waals surface area contributed by atoms with Gasteiger partial charge in [0.2, 0.25) is 0 Å². The van der Waals surface area contributed by atoms with Crippen LogP contribution in [0.15, 0.2) is 70.5 Å². The molecule has 0 atom stereocenters. The lowest BCUT2D eigenvalue weighted by Gasteiger charge is -2.36. The first kappa shape index (κ1) is 20.6. The zero-order valence-corrected chi connectivity index (χ0v) is 17.9. The van der Waals surface area contributed by atoms with Crippen molar-refractivity contribution in [2.75, 3.05) is 22.6 Å². The van der Waals surface area contributed by atoms with Crippen molar-refractivity contribution in [2.24, 2.45) is 0 Å². The smallest absolute Gasteiger partial charge is 0.339 e. The first-order valence-electron chi connectivity index (χ1n) is 9.06. The average molecular weight is 445 g/mol.